The highest BCUT2D eigenvalue weighted by atomic mass is 16.5. The lowest BCUT2D eigenvalue weighted by atomic mass is 10.0. The summed E-state index contributed by atoms with van der Waals surface area (Å²) in [5.74, 6) is -0.193. The van der Waals surface area contributed by atoms with Gasteiger partial charge in [0.1, 0.15) is 0 Å². The number of urea groups is 1. The van der Waals surface area contributed by atoms with Gasteiger partial charge in [0, 0.05) is 17.1 Å². The number of anilines is 2. The van der Waals surface area contributed by atoms with E-state index >= 15 is 0 Å². The molecule has 0 radical (unpaired) electrons. The minimum absolute atomic E-state index is 0.124. The van der Waals surface area contributed by atoms with Crippen molar-refractivity contribution >= 4 is 34.4 Å². The predicted molar refractivity (Wildman–Crippen MR) is 98.2 cm³/mol. The van der Waals surface area contributed by atoms with Crippen molar-refractivity contribution in [3.63, 3.8) is 0 Å². The third-order valence-corrected chi connectivity index (χ3v) is 3.86. The molecule has 0 bridgehead atoms. The number of nitrogens with one attached hydrogen (secondary N) is 2. The Balaban J connectivity index is 1.97. The van der Waals surface area contributed by atoms with Gasteiger partial charge < -0.3 is 20.9 Å². The molecule has 26 heavy (non-hydrogen) atoms. The van der Waals surface area contributed by atoms with E-state index in [4.69, 9.17) is 10.3 Å². The van der Waals surface area contributed by atoms with Gasteiger partial charge in [-0.05, 0) is 37.1 Å². The maximum atomic E-state index is 12.9. The topological polar surface area (TPSA) is 123 Å². The summed E-state index contributed by atoms with van der Waals surface area (Å²) in [5, 5.41) is 9.78. The Morgan fingerprint density at radius 1 is 1.15 bits per heavy atom. The van der Waals surface area contributed by atoms with Crippen molar-refractivity contribution in [3.05, 3.63) is 47.3 Å². The second-order valence-electron chi connectivity index (χ2n) is 6.22. The molecule has 0 atom stereocenters. The van der Waals surface area contributed by atoms with Gasteiger partial charge in [-0.3, -0.25) is 4.79 Å². The maximum absolute atomic E-state index is 12.9. The number of hydrogen-bond acceptors (Lipinski definition) is 5. The van der Waals surface area contributed by atoms with Gasteiger partial charge in [0.05, 0.1) is 16.6 Å². The van der Waals surface area contributed by atoms with Crippen molar-refractivity contribution in [2.24, 2.45) is 5.73 Å². The van der Waals surface area contributed by atoms with Crippen LogP contribution in [0.25, 0.3) is 11.1 Å². The van der Waals surface area contributed by atoms with Crippen LogP contribution in [0.2, 0.25) is 0 Å². The normalized spacial score (nSPS) is 10.9. The van der Waals surface area contributed by atoms with E-state index in [0.717, 1.165) is 5.69 Å². The molecule has 0 fully saturated rings. The summed E-state index contributed by atoms with van der Waals surface area (Å²) < 4.78 is 5.24. The molecule has 8 nitrogen and oxygen atoms in total. The molecule has 0 aliphatic carbocycles. The van der Waals surface area contributed by atoms with Gasteiger partial charge >= 0.3 is 6.03 Å². The Bertz CT molecular complexity index is 994. The first-order chi connectivity index (χ1) is 12.3. The number of aryl methyl sites for hydroxylation is 1. The summed E-state index contributed by atoms with van der Waals surface area (Å²) in [4.78, 5) is 28.3. The summed E-state index contributed by atoms with van der Waals surface area (Å²) in [7, 11) is 0. The molecule has 3 aromatic rings. The number of pyridine rings is 1. The van der Waals surface area contributed by atoms with E-state index in [1.54, 1.807) is 37.3 Å². The van der Waals surface area contributed by atoms with Crippen molar-refractivity contribution in [3.8, 4) is 0 Å². The van der Waals surface area contributed by atoms with Gasteiger partial charge in [-0.1, -0.05) is 25.1 Å². The van der Waals surface area contributed by atoms with Crippen LogP contribution in [0.4, 0.5) is 16.2 Å². The lowest BCUT2D eigenvalue weighted by Crippen LogP contribution is -2.19. The number of primary amides is 1. The molecular formula is C18H19N5O3. The summed E-state index contributed by atoms with van der Waals surface area (Å²) >= 11 is 0. The molecule has 0 spiro atoms. The highest BCUT2D eigenvalue weighted by Gasteiger charge is 2.20. The molecule has 3 rings (SSSR count). The highest BCUT2D eigenvalue weighted by Crippen LogP contribution is 2.26. The largest absolute Gasteiger partial charge is 0.351 e. The van der Waals surface area contributed by atoms with E-state index in [1.807, 2.05) is 13.8 Å². The molecule has 0 saturated carbocycles. The van der Waals surface area contributed by atoms with Crippen LogP contribution in [0, 0.1) is 6.92 Å². The molecule has 3 amide bonds. The minimum atomic E-state index is -0.675. The number of rotatable bonds is 4. The van der Waals surface area contributed by atoms with Crippen molar-refractivity contribution in [1.82, 2.24) is 10.1 Å². The number of amides is 3. The molecule has 8 heteroatoms. The van der Waals surface area contributed by atoms with Crippen molar-refractivity contribution in [1.29, 1.82) is 0 Å². The average molecular weight is 353 g/mol. The van der Waals surface area contributed by atoms with Crippen molar-refractivity contribution in [2.45, 2.75) is 26.7 Å². The quantitative estimate of drug-likeness (QED) is 0.663. The van der Waals surface area contributed by atoms with Crippen LogP contribution in [0.5, 0.6) is 0 Å². The Kier molecular flexibility index (Phi) is 4.57. The van der Waals surface area contributed by atoms with Gasteiger partial charge in [0.15, 0.2) is 0 Å². The number of carbonyl (C=O) groups is 2. The standard InChI is InChI=1S/C18H19N5O3/c1-9(2)14-8-13(15-10(3)23-26-17(15)22-14)16(24)20-11-5-4-6-12(7-11)21-18(19)25/h4-9H,1-3H3,(H,20,24)(H3,19,21,25). The zero-order chi connectivity index (χ0) is 18.8. The summed E-state index contributed by atoms with van der Waals surface area (Å²) in [5.41, 5.74) is 8.23. The number of hydrogen-bond donors (Lipinski definition) is 3. The molecule has 2 heterocycles. The second kappa shape index (κ2) is 6.83. The lowest BCUT2D eigenvalue weighted by Gasteiger charge is -2.10. The van der Waals surface area contributed by atoms with Crippen LogP contribution in [0.1, 0.15) is 41.5 Å². The fourth-order valence-electron chi connectivity index (χ4n) is 2.60. The molecule has 0 aliphatic heterocycles. The molecule has 0 aliphatic rings. The van der Waals surface area contributed by atoms with Crippen LogP contribution in [-0.4, -0.2) is 22.1 Å². The fraction of sp³-hybridized carbons (Fsp3) is 0.222. The molecule has 1 aromatic carbocycles. The zero-order valence-corrected chi connectivity index (χ0v) is 14.7. The number of fused-ring (bicyclic) bond motifs is 1. The third kappa shape index (κ3) is 3.49. The van der Waals surface area contributed by atoms with E-state index in [9.17, 15) is 9.59 Å². The number of nitrogens with two attached hydrogens (primary N) is 1. The highest BCUT2D eigenvalue weighted by molar-refractivity contribution is 6.12. The van der Waals surface area contributed by atoms with Crippen molar-refractivity contribution in [2.75, 3.05) is 10.6 Å². The lowest BCUT2D eigenvalue weighted by molar-refractivity contribution is 0.102. The van der Waals surface area contributed by atoms with Gasteiger partial charge in [-0.25, -0.2) is 9.78 Å². The smallest absolute Gasteiger partial charge is 0.316 e. The minimum Gasteiger partial charge on any atom is -0.351 e. The average Bonchev–Trinajstić information content (AvgIpc) is 2.95. The Labute approximate surface area is 149 Å². The zero-order valence-electron chi connectivity index (χ0n) is 14.7. The molecule has 2 aromatic heterocycles. The number of aromatic nitrogens is 2. The first-order valence-corrected chi connectivity index (χ1v) is 8.10. The van der Waals surface area contributed by atoms with E-state index in [-0.39, 0.29) is 11.8 Å². The first-order valence-electron chi connectivity index (χ1n) is 8.10. The number of carbonyl (C=O) groups excluding carboxylic acids is 2. The van der Waals surface area contributed by atoms with Crippen LogP contribution < -0.4 is 16.4 Å². The molecule has 0 unspecified atom stereocenters. The van der Waals surface area contributed by atoms with E-state index in [0.29, 0.717) is 33.7 Å². The van der Waals surface area contributed by atoms with Crippen LogP contribution in [0.3, 0.4) is 0 Å². The predicted octanol–water partition coefficient (Wildman–Crippen LogP) is 3.40. The van der Waals surface area contributed by atoms with Gasteiger partial charge in [-0.2, -0.15) is 0 Å². The summed E-state index contributed by atoms with van der Waals surface area (Å²) in [6, 6.07) is 7.78. The number of benzene rings is 1. The fourth-order valence-corrected chi connectivity index (χ4v) is 2.60. The van der Waals surface area contributed by atoms with Crippen molar-refractivity contribution < 1.29 is 14.1 Å². The summed E-state index contributed by atoms with van der Waals surface area (Å²) in [6.07, 6.45) is 0. The maximum Gasteiger partial charge on any atom is 0.316 e. The van der Waals surface area contributed by atoms with E-state index < -0.39 is 6.03 Å². The molecule has 134 valence electrons. The van der Waals surface area contributed by atoms with Crippen LogP contribution >= 0.6 is 0 Å². The molecule has 0 saturated heterocycles. The Morgan fingerprint density at radius 2 is 1.85 bits per heavy atom. The summed E-state index contributed by atoms with van der Waals surface area (Å²) in [6.45, 7) is 5.73. The Morgan fingerprint density at radius 3 is 2.50 bits per heavy atom. The SMILES string of the molecule is Cc1noc2nc(C(C)C)cc(C(=O)Nc3cccc(NC(N)=O)c3)c12. The van der Waals surface area contributed by atoms with Gasteiger partial charge in [0.2, 0.25) is 0 Å². The van der Waals surface area contributed by atoms with E-state index in [2.05, 4.69) is 20.8 Å². The first kappa shape index (κ1) is 17.4. The van der Waals surface area contributed by atoms with Gasteiger partial charge in [-0.15, -0.1) is 0 Å². The van der Waals surface area contributed by atoms with Crippen LogP contribution in [0.15, 0.2) is 34.9 Å². The Hall–Kier alpha value is -3.42. The molecular weight excluding hydrogens is 334 g/mol. The monoisotopic (exact) mass is 353 g/mol. The second-order valence-corrected chi connectivity index (χ2v) is 6.22. The number of nitrogens with zero attached hydrogens (tertiary/aromatic N) is 2. The third-order valence-electron chi connectivity index (χ3n) is 3.86. The molecule has 4 N–H and O–H groups in total. The van der Waals surface area contributed by atoms with Gasteiger partial charge in [0.25, 0.3) is 11.6 Å². The van der Waals surface area contributed by atoms with Crippen LogP contribution in [-0.2, 0) is 0 Å². The van der Waals surface area contributed by atoms with E-state index in [1.165, 1.54) is 0 Å².